The largest absolute Gasteiger partial charge is 0.416 e. The lowest BCUT2D eigenvalue weighted by atomic mass is 10.2. The highest BCUT2D eigenvalue weighted by atomic mass is 32.1. The van der Waals surface area contributed by atoms with Gasteiger partial charge in [0.1, 0.15) is 5.01 Å². The third kappa shape index (κ3) is 3.82. The molecular weight excluding hydrogens is 387 g/mol. The number of carbonyl (C=O) groups is 1. The predicted molar refractivity (Wildman–Crippen MR) is 103 cm³/mol. The van der Waals surface area contributed by atoms with Crippen LogP contribution in [0.1, 0.15) is 29.5 Å². The molecule has 146 valence electrons. The van der Waals surface area contributed by atoms with Gasteiger partial charge in [-0.3, -0.25) is 4.79 Å². The number of para-hydroxylation sites is 1. The lowest BCUT2D eigenvalue weighted by molar-refractivity contribution is -0.137. The topological polar surface area (TPSA) is 45.2 Å². The highest BCUT2D eigenvalue weighted by molar-refractivity contribution is 7.18. The van der Waals surface area contributed by atoms with Crippen molar-refractivity contribution < 1.29 is 18.0 Å². The van der Waals surface area contributed by atoms with Crippen LogP contribution >= 0.6 is 11.3 Å². The normalized spacial score (nSPS) is 17.2. The van der Waals surface area contributed by atoms with Crippen LogP contribution in [-0.4, -0.2) is 28.9 Å². The number of benzene rings is 2. The van der Waals surface area contributed by atoms with Gasteiger partial charge >= 0.3 is 6.18 Å². The number of hydrogen-bond donors (Lipinski definition) is 1. The zero-order chi connectivity index (χ0) is 19.7. The molecule has 0 spiro atoms. The molecule has 1 amide bonds. The fraction of sp³-hybridized carbons (Fsp3) is 0.300. The first kappa shape index (κ1) is 18.7. The SMILES string of the molecule is O=C(CNc1cccc(C(F)(F)F)c1)N1CCCC1c1nc2ccccc2s1. The summed E-state index contributed by atoms with van der Waals surface area (Å²) in [5.41, 5.74) is 0.460. The maximum atomic E-state index is 12.8. The smallest absolute Gasteiger partial charge is 0.376 e. The molecule has 0 radical (unpaired) electrons. The number of rotatable bonds is 4. The van der Waals surface area contributed by atoms with E-state index in [0.717, 1.165) is 40.2 Å². The number of hydrogen-bond acceptors (Lipinski definition) is 4. The van der Waals surface area contributed by atoms with E-state index in [1.54, 1.807) is 16.2 Å². The van der Waals surface area contributed by atoms with Gasteiger partial charge in [0.15, 0.2) is 0 Å². The second-order valence-corrected chi connectivity index (χ2v) is 7.76. The number of thiazole rings is 1. The van der Waals surface area contributed by atoms with Crippen molar-refractivity contribution >= 4 is 33.1 Å². The number of alkyl halides is 3. The van der Waals surface area contributed by atoms with Gasteiger partial charge in [-0.25, -0.2) is 4.98 Å². The summed E-state index contributed by atoms with van der Waals surface area (Å²) in [6.45, 7) is 0.576. The minimum absolute atomic E-state index is 0.0529. The molecule has 1 aromatic heterocycles. The molecular formula is C20H18F3N3OS. The van der Waals surface area contributed by atoms with Crippen molar-refractivity contribution in [1.82, 2.24) is 9.88 Å². The Bertz CT molecular complexity index is 969. The second kappa shape index (κ2) is 7.43. The molecule has 8 heteroatoms. The van der Waals surface area contributed by atoms with Gasteiger partial charge in [0.25, 0.3) is 0 Å². The van der Waals surface area contributed by atoms with Gasteiger partial charge in [-0.05, 0) is 43.2 Å². The van der Waals surface area contributed by atoms with E-state index in [9.17, 15) is 18.0 Å². The van der Waals surface area contributed by atoms with Crippen LogP contribution < -0.4 is 5.32 Å². The van der Waals surface area contributed by atoms with E-state index in [2.05, 4.69) is 10.3 Å². The highest BCUT2D eigenvalue weighted by Crippen LogP contribution is 2.36. The molecule has 2 aromatic carbocycles. The molecule has 28 heavy (non-hydrogen) atoms. The summed E-state index contributed by atoms with van der Waals surface area (Å²) in [4.78, 5) is 19.2. The Hall–Kier alpha value is -2.61. The van der Waals surface area contributed by atoms with Gasteiger partial charge in [0, 0.05) is 12.2 Å². The first-order chi connectivity index (χ1) is 13.4. The zero-order valence-corrected chi connectivity index (χ0v) is 15.7. The molecule has 0 aliphatic carbocycles. The van der Waals surface area contributed by atoms with E-state index in [1.807, 2.05) is 24.3 Å². The molecule has 1 aliphatic rings. The van der Waals surface area contributed by atoms with E-state index in [4.69, 9.17) is 0 Å². The van der Waals surface area contributed by atoms with Crippen molar-refractivity contribution in [2.24, 2.45) is 0 Å². The maximum Gasteiger partial charge on any atom is 0.416 e. The number of likely N-dealkylation sites (tertiary alicyclic amines) is 1. The molecule has 1 atom stereocenters. The van der Waals surface area contributed by atoms with E-state index in [1.165, 1.54) is 12.1 Å². The van der Waals surface area contributed by atoms with E-state index in [-0.39, 0.29) is 24.2 Å². The number of halogens is 3. The Morgan fingerprint density at radius 3 is 2.82 bits per heavy atom. The van der Waals surface area contributed by atoms with E-state index >= 15 is 0 Å². The van der Waals surface area contributed by atoms with Crippen LogP contribution in [0.2, 0.25) is 0 Å². The van der Waals surface area contributed by atoms with Gasteiger partial charge in [-0.1, -0.05) is 18.2 Å². The number of fused-ring (bicyclic) bond motifs is 1. The van der Waals surface area contributed by atoms with Crippen LogP contribution in [0, 0.1) is 0 Å². The van der Waals surface area contributed by atoms with Crippen LogP contribution in [0.25, 0.3) is 10.2 Å². The molecule has 1 saturated heterocycles. The Labute approximate surface area is 164 Å². The maximum absolute atomic E-state index is 12.8. The first-order valence-corrected chi connectivity index (χ1v) is 9.79. The van der Waals surface area contributed by atoms with Crippen molar-refractivity contribution in [2.75, 3.05) is 18.4 Å². The summed E-state index contributed by atoms with van der Waals surface area (Å²) in [7, 11) is 0. The summed E-state index contributed by atoms with van der Waals surface area (Å²) in [5, 5.41) is 3.73. The Balaban J connectivity index is 1.45. The zero-order valence-electron chi connectivity index (χ0n) is 14.9. The van der Waals surface area contributed by atoms with Crippen LogP contribution in [0.15, 0.2) is 48.5 Å². The molecule has 1 aliphatic heterocycles. The van der Waals surface area contributed by atoms with Crippen LogP contribution in [0.4, 0.5) is 18.9 Å². The van der Waals surface area contributed by atoms with Crippen LogP contribution in [-0.2, 0) is 11.0 Å². The number of aromatic nitrogens is 1. The molecule has 2 heterocycles. The van der Waals surface area contributed by atoms with Crippen molar-refractivity contribution in [3.05, 3.63) is 59.1 Å². The molecule has 1 N–H and O–H groups in total. The Morgan fingerprint density at radius 1 is 1.21 bits per heavy atom. The number of anilines is 1. The molecule has 4 rings (SSSR count). The summed E-state index contributed by atoms with van der Waals surface area (Å²) < 4.78 is 39.6. The fourth-order valence-electron chi connectivity index (χ4n) is 3.44. The standard InChI is InChI=1S/C20H18F3N3OS/c21-20(22,23)13-5-3-6-14(11-13)24-12-18(27)26-10-4-8-16(26)19-25-15-7-1-2-9-17(15)28-19/h1-3,5-7,9,11,16,24H,4,8,10,12H2. The van der Waals surface area contributed by atoms with Crippen LogP contribution in [0.3, 0.4) is 0 Å². The third-order valence-corrected chi connectivity index (χ3v) is 5.94. The number of carbonyl (C=O) groups excluding carboxylic acids is 1. The average Bonchev–Trinajstić information content (AvgIpc) is 3.32. The van der Waals surface area contributed by atoms with E-state index in [0.29, 0.717) is 6.54 Å². The van der Waals surface area contributed by atoms with Gasteiger partial charge in [-0.15, -0.1) is 11.3 Å². The average molecular weight is 405 g/mol. The summed E-state index contributed by atoms with van der Waals surface area (Å²) in [6.07, 6.45) is -2.68. The van der Waals surface area contributed by atoms with Gasteiger partial charge in [-0.2, -0.15) is 13.2 Å². The van der Waals surface area contributed by atoms with Gasteiger partial charge in [0.2, 0.25) is 5.91 Å². The first-order valence-electron chi connectivity index (χ1n) is 8.98. The van der Waals surface area contributed by atoms with Crippen molar-refractivity contribution in [2.45, 2.75) is 25.1 Å². The molecule has 1 fully saturated rings. The molecule has 1 unspecified atom stereocenters. The van der Waals surface area contributed by atoms with Gasteiger partial charge in [0.05, 0.1) is 28.4 Å². The number of amides is 1. The Kier molecular flexibility index (Phi) is 4.97. The molecule has 0 bridgehead atoms. The second-order valence-electron chi connectivity index (χ2n) is 6.70. The summed E-state index contributed by atoms with van der Waals surface area (Å²) >= 11 is 1.58. The van der Waals surface area contributed by atoms with Crippen LogP contribution in [0.5, 0.6) is 0 Å². The fourth-order valence-corrected chi connectivity index (χ4v) is 4.55. The molecule has 4 nitrogen and oxygen atoms in total. The van der Waals surface area contributed by atoms with Crippen molar-refractivity contribution in [1.29, 1.82) is 0 Å². The summed E-state index contributed by atoms with van der Waals surface area (Å²) in [6, 6.07) is 12.7. The summed E-state index contributed by atoms with van der Waals surface area (Å²) in [5.74, 6) is -0.140. The molecule has 0 saturated carbocycles. The minimum atomic E-state index is -4.41. The van der Waals surface area contributed by atoms with E-state index < -0.39 is 11.7 Å². The predicted octanol–water partition coefficient (Wildman–Crippen LogP) is 5.09. The lowest BCUT2D eigenvalue weighted by Gasteiger charge is -2.23. The number of nitrogens with one attached hydrogen (secondary N) is 1. The van der Waals surface area contributed by atoms with Crippen molar-refractivity contribution in [3.63, 3.8) is 0 Å². The third-order valence-electron chi connectivity index (χ3n) is 4.80. The highest BCUT2D eigenvalue weighted by Gasteiger charge is 2.32. The monoisotopic (exact) mass is 405 g/mol. The quantitative estimate of drug-likeness (QED) is 0.658. The molecule has 3 aromatic rings. The number of nitrogens with zero attached hydrogens (tertiary/aromatic N) is 2. The minimum Gasteiger partial charge on any atom is -0.376 e. The Morgan fingerprint density at radius 2 is 2.04 bits per heavy atom. The van der Waals surface area contributed by atoms with Gasteiger partial charge < -0.3 is 10.2 Å². The van der Waals surface area contributed by atoms with Crippen molar-refractivity contribution in [3.8, 4) is 0 Å². The lowest BCUT2D eigenvalue weighted by Crippen LogP contribution is -2.35.